The number of esters is 1. The number of carbonyl (C=O) groups excluding carboxylic acids is 1. The number of carbonyl (C=O) groups is 1. The third kappa shape index (κ3) is 4.48. The number of methoxy groups -OCH3 is 1. The van der Waals surface area contributed by atoms with Crippen LogP contribution in [0.4, 0.5) is 0 Å². The highest BCUT2D eigenvalue weighted by molar-refractivity contribution is 5.87. The van der Waals surface area contributed by atoms with E-state index < -0.39 is 0 Å². The van der Waals surface area contributed by atoms with Crippen molar-refractivity contribution in [2.75, 3.05) is 13.7 Å². The van der Waals surface area contributed by atoms with Crippen LogP contribution < -0.4 is 4.74 Å². The number of rotatable bonds is 6. The first kappa shape index (κ1) is 17.8. The molecule has 2 rings (SSSR count). The Balaban J connectivity index is 2.27. The molecule has 24 heavy (non-hydrogen) atoms. The number of hydrogen-bond acceptors (Lipinski definition) is 3. The average Bonchev–Trinajstić information content (AvgIpc) is 2.60. The molecule has 0 atom stereocenters. The molecule has 0 unspecified atom stereocenters. The van der Waals surface area contributed by atoms with Crippen molar-refractivity contribution in [1.29, 1.82) is 0 Å². The van der Waals surface area contributed by atoms with Crippen LogP contribution in [0.3, 0.4) is 0 Å². The summed E-state index contributed by atoms with van der Waals surface area (Å²) in [6, 6.07) is 14.3. The summed E-state index contributed by atoms with van der Waals surface area (Å²) >= 11 is 0. The van der Waals surface area contributed by atoms with Crippen LogP contribution in [0.15, 0.2) is 48.5 Å². The summed E-state index contributed by atoms with van der Waals surface area (Å²) in [6.45, 7) is 6.52. The van der Waals surface area contributed by atoms with Gasteiger partial charge in [0.1, 0.15) is 5.75 Å². The molecule has 0 heterocycles. The van der Waals surface area contributed by atoms with E-state index >= 15 is 0 Å². The van der Waals surface area contributed by atoms with Gasteiger partial charge >= 0.3 is 5.97 Å². The summed E-state index contributed by atoms with van der Waals surface area (Å²) in [6.07, 6.45) is 3.20. The van der Waals surface area contributed by atoms with Gasteiger partial charge in [-0.15, -0.1) is 0 Å². The van der Waals surface area contributed by atoms with Gasteiger partial charge in [-0.05, 0) is 47.7 Å². The molecule has 2 aromatic carbocycles. The first-order valence-corrected chi connectivity index (χ1v) is 8.18. The standard InChI is InChI=1S/C21H24O3/c1-5-24-21(22)13-8-16-6-9-17(10-7-16)19-14-18(15(2)3)11-12-20(19)23-4/h6-15H,5H2,1-4H3. The smallest absolute Gasteiger partial charge is 0.330 e. The molecule has 3 nitrogen and oxygen atoms in total. The first-order chi connectivity index (χ1) is 11.5. The molecule has 0 aromatic heterocycles. The summed E-state index contributed by atoms with van der Waals surface area (Å²) in [7, 11) is 1.68. The summed E-state index contributed by atoms with van der Waals surface area (Å²) in [5, 5.41) is 0. The molecule has 3 heteroatoms. The van der Waals surface area contributed by atoms with Gasteiger partial charge in [0.15, 0.2) is 0 Å². The Kier molecular flexibility index (Phi) is 6.19. The van der Waals surface area contributed by atoms with Crippen LogP contribution >= 0.6 is 0 Å². The molecule has 0 aliphatic carbocycles. The molecule has 0 amide bonds. The predicted molar refractivity (Wildman–Crippen MR) is 98.2 cm³/mol. The fraction of sp³-hybridized carbons (Fsp3) is 0.286. The quantitative estimate of drug-likeness (QED) is 0.550. The Bertz CT molecular complexity index is 712. The van der Waals surface area contributed by atoms with E-state index in [1.807, 2.05) is 30.3 Å². The lowest BCUT2D eigenvalue weighted by Crippen LogP contribution is -1.98. The van der Waals surface area contributed by atoms with Crippen LogP contribution in [0.2, 0.25) is 0 Å². The Hall–Kier alpha value is -2.55. The van der Waals surface area contributed by atoms with Gasteiger partial charge in [-0.1, -0.05) is 44.2 Å². The Morgan fingerprint density at radius 2 is 1.83 bits per heavy atom. The second kappa shape index (κ2) is 8.34. The fourth-order valence-corrected chi connectivity index (χ4v) is 2.44. The number of hydrogen-bond donors (Lipinski definition) is 0. The van der Waals surface area contributed by atoms with Gasteiger partial charge in [-0.2, -0.15) is 0 Å². The van der Waals surface area contributed by atoms with Gasteiger partial charge in [0.05, 0.1) is 13.7 Å². The zero-order valence-electron chi connectivity index (χ0n) is 14.7. The predicted octanol–water partition coefficient (Wildman–Crippen LogP) is 5.06. The van der Waals surface area contributed by atoms with E-state index in [2.05, 4.69) is 26.0 Å². The van der Waals surface area contributed by atoms with E-state index in [4.69, 9.17) is 9.47 Å². The van der Waals surface area contributed by atoms with Crippen LogP contribution in [0, 0.1) is 0 Å². The van der Waals surface area contributed by atoms with Crippen molar-refractivity contribution >= 4 is 12.0 Å². The van der Waals surface area contributed by atoms with Crippen molar-refractivity contribution in [2.45, 2.75) is 26.7 Å². The van der Waals surface area contributed by atoms with Crippen LogP contribution in [0.1, 0.15) is 37.8 Å². The molecule has 126 valence electrons. The molecule has 0 fully saturated rings. The molecular weight excluding hydrogens is 300 g/mol. The normalized spacial score (nSPS) is 11.0. The lowest BCUT2D eigenvalue weighted by Gasteiger charge is -2.13. The maximum atomic E-state index is 11.4. The van der Waals surface area contributed by atoms with Crippen molar-refractivity contribution in [3.63, 3.8) is 0 Å². The highest BCUT2D eigenvalue weighted by atomic mass is 16.5. The number of benzene rings is 2. The lowest BCUT2D eigenvalue weighted by atomic mass is 9.96. The summed E-state index contributed by atoms with van der Waals surface area (Å²) < 4.78 is 10.4. The third-order valence-corrected chi connectivity index (χ3v) is 3.81. The van der Waals surface area contributed by atoms with Crippen molar-refractivity contribution in [3.05, 3.63) is 59.7 Å². The van der Waals surface area contributed by atoms with Crippen LogP contribution in [-0.2, 0) is 9.53 Å². The van der Waals surface area contributed by atoms with Gasteiger partial charge in [0.25, 0.3) is 0 Å². The number of ether oxygens (including phenoxy) is 2. The molecule has 0 bridgehead atoms. The monoisotopic (exact) mass is 324 g/mol. The van der Waals surface area contributed by atoms with Crippen LogP contribution in [-0.4, -0.2) is 19.7 Å². The first-order valence-electron chi connectivity index (χ1n) is 8.18. The Labute approximate surface area is 143 Å². The third-order valence-electron chi connectivity index (χ3n) is 3.81. The van der Waals surface area contributed by atoms with Crippen molar-refractivity contribution in [2.24, 2.45) is 0 Å². The molecule has 0 saturated heterocycles. The largest absolute Gasteiger partial charge is 0.496 e. The Morgan fingerprint density at radius 1 is 1.12 bits per heavy atom. The molecule has 0 spiro atoms. The van der Waals surface area contributed by atoms with Gasteiger partial charge in [-0.3, -0.25) is 0 Å². The maximum absolute atomic E-state index is 11.4. The van der Waals surface area contributed by atoms with E-state index in [0.29, 0.717) is 12.5 Å². The van der Waals surface area contributed by atoms with E-state index in [1.54, 1.807) is 20.1 Å². The average molecular weight is 324 g/mol. The second-order valence-corrected chi connectivity index (χ2v) is 5.82. The summed E-state index contributed by atoms with van der Waals surface area (Å²) in [5.74, 6) is 0.989. The zero-order valence-corrected chi connectivity index (χ0v) is 14.7. The van der Waals surface area contributed by atoms with Gasteiger partial charge in [0.2, 0.25) is 0 Å². The van der Waals surface area contributed by atoms with Gasteiger partial charge in [-0.25, -0.2) is 4.79 Å². The topological polar surface area (TPSA) is 35.5 Å². The van der Waals surface area contributed by atoms with E-state index in [-0.39, 0.29) is 5.97 Å². The molecular formula is C21H24O3. The zero-order chi connectivity index (χ0) is 17.5. The van der Waals surface area contributed by atoms with Crippen LogP contribution in [0.5, 0.6) is 5.75 Å². The highest BCUT2D eigenvalue weighted by Gasteiger charge is 2.09. The molecule has 0 radical (unpaired) electrons. The van der Waals surface area contributed by atoms with Crippen molar-refractivity contribution in [3.8, 4) is 16.9 Å². The minimum Gasteiger partial charge on any atom is -0.496 e. The highest BCUT2D eigenvalue weighted by Crippen LogP contribution is 2.33. The molecule has 0 N–H and O–H groups in total. The fourth-order valence-electron chi connectivity index (χ4n) is 2.44. The van der Waals surface area contributed by atoms with Crippen molar-refractivity contribution in [1.82, 2.24) is 0 Å². The second-order valence-electron chi connectivity index (χ2n) is 5.82. The lowest BCUT2D eigenvalue weighted by molar-refractivity contribution is -0.137. The van der Waals surface area contributed by atoms with Gasteiger partial charge in [0, 0.05) is 11.6 Å². The molecule has 0 aliphatic heterocycles. The SMILES string of the molecule is CCOC(=O)C=Cc1ccc(-c2cc(C(C)C)ccc2OC)cc1. The van der Waals surface area contributed by atoms with Crippen LogP contribution in [0.25, 0.3) is 17.2 Å². The summed E-state index contributed by atoms with van der Waals surface area (Å²) in [4.78, 5) is 11.4. The van der Waals surface area contributed by atoms with E-state index in [0.717, 1.165) is 22.4 Å². The minimum absolute atomic E-state index is 0.326. The summed E-state index contributed by atoms with van der Waals surface area (Å²) in [5.41, 5.74) is 4.38. The van der Waals surface area contributed by atoms with E-state index in [1.165, 1.54) is 11.6 Å². The van der Waals surface area contributed by atoms with Crippen molar-refractivity contribution < 1.29 is 14.3 Å². The molecule has 2 aromatic rings. The molecule has 0 saturated carbocycles. The maximum Gasteiger partial charge on any atom is 0.330 e. The Morgan fingerprint density at radius 3 is 2.42 bits per heavy atom. The van der Waals surface area contributed by atoms with Gasteiger partial charge < -0.3 is 9.47 Å². The van der Waals surface area contributed by atoms with E-state index in [9.17, 15) is 4.79 Å². The minimum atomic E-state index is -0.326. The molecule has 0 aliphatic rings.